The van der Waals surface area contributed by atoms with Crippen LogP contribution < -0.4 is 4.74 Å². The highest BCUT2D eigenvalue weighted by Gasteiger charge is 2.21. The molecular formula is C9H12ClN3O. The van der Waals surface area contributed by atoms with Crippen LogP contribution in [-0.4, -0.2) is 41.1 Å². The minimum atomic E-state index is 0.216. The first kappa shape index (κ1) is 9.68. The fraction of sp³-hybridized carbons (Fsp3) is 0.556. The second-order valence-electron chi connectivity index (χ2n) is 3.47. The zero-order valence-electron chi connectivity index (χ0n) is 7.98. The van der Waals surface area contributed by atoms with Gasteiger partial charge in [-0.25, -0.2) is 0 Å². The molecule has 0 N–H and O–H groups in total. The maximum atomic E-state index is 5.69. The molecule has 0 amide bonds. The summed E-state index contributed by atoms with van der Waals surface area (Å²) in [6.45, 7) is 2.01. The third-order valence-corrected chi connectivity index (χ3v) is 2.40. The van der Waals surface area contributed by atoms with Crippen LogP contribution in [0.25, 0.3) is 0 Å². The number of likely N-dealkylation sites (N-methyl/N-ethyl adjacent to an activating group) is 1. The summed E-state index contributed by atoms with van der Waals surface area (Å²) in [6.07, 6.45) is 4.33. The van der Waals surface area contributed by atoms with Crippen LogP contribution in [0.2, 0.25) is 5.15 Å². The molecule has 1 saturated heterocycles. The molecule has 1 fully saturated rings. The number of ether oxygens (including phenoxy) is 1. The Labute approximate surface area is 87.9 Å². The van der Waals surface area contributed by atoms with Crippen molar-refractivity contribution in [2.75, 3.05) is 20.1 Å². The second kappa shape index (κ2) is 4.11. The predicted molar refractivity (Wildman–Crippen MR) is 53.6 cm³/mol. The summed E-state index contributed by atoms with van der Waals surface area (Å²) in [7, 11) is 2.08. The largest absolute Gasteiger partial charge is 0.472 e. The average molecular weight is 214 g/mol. The van der Waals surface area contributed by atoms with Crippen LogP contribution in [-0.2, 0) is 0 Å². The summed E-state index contributed by atoms with van der Waals surface area (Å²) in [5.41, 5.74) is 0. The zero-order valence-corrected chi connectivity index (χ0v) is 8.74. The van der Waals surface area contributed by atoms with Gasteiger partial charge >= 0.3 is 0 Å². The first-order chi connectivity index (χ1) is 6.74. The minimum absolute atomic E-state index is 0.216. The normalized spacial score (nSPS) is 22.6. The first-order valence-electron chi connectivity index (χ1n) is 4.57. The van der Waals surface area contributed by atoms with Crippen molar-refractivity contribution in [2.45, 2.75) is 12.5 Å². The summed E-state index contributed by atoms with van der Waals surface area (Å²) in [5.74, 6) is 0.512. The van der Waals surface area contributed by atoms with Crippen molar-refractivity contribution in [2.24, 2.45) is 0 Å². The summed E-state index contributed by atoms with van der Waals surface area (Å²) >= 11 is 5.69. The average Bonchev–Trinajstić information content (AvgIpc) is 2.51. The standard InChI is InChI=1S/C9H12ClN3O/c1-13-3-2-7(6-13)14-9-5-11-4-8(10)12-9/h4-5,7H,2-3,6H2,1H3/t7-/m1/s1. The fourth-order valence-corrected chi connectivity index (χ4v) is 1.68. The molecule has 0 aliphatic carbocycles. The van der Waals surface area contributed by atoms with Gasteiger partial charge in [0.2, 0.25) is 5.88 Å². The number of likely N-dealkylation sites (tertiary alicyclic amines) is 1. The van der Waals surface area contributed by atoms with Crippen LogP contribution in [0.5, 0.6) is 5.88 Å². The van der Waals surface area contributed by atoms with E-state index < -0.39 is 0 Å². The van der Waals surface area contributed by atoms with E-state index in [1.54, 1.807) is 6.20 Å². The summed E-state index contributed by atoms with van der Waals surface area (Å²) in [5, 5.41) is 0.369. The Morgan fingerprint density at radius 3 is 3.07 bits per heavy atom. The topological polar surface area (TPSA) is 38.2 Å². The molecule has 0 radical (unpaired) electrons. The van der Waals surface area contributed by atoms with Crippen LogP contribution in [0.3, 0.4) is 0 Å². The molecule has 2 rings (SSSR count). The number of nitrogens with zero attached hydrogens (tertiary/aromatic N) is 3. The molecule has 0 saturated carbocycles. The van der Waals surface area contributed by atoms with Crippen molar-refractivity contribution in [3.05, 3.63) is 17.5 Å². The maximum absolute atomic E-state index is 5.69. The molecule has 1 atom stereocenters. The van der Waals surface area contributed by atoms with E-state index >= 15 is 0 Å². The predicted octanol–water partition coefficient (Wildman–Crippen LogP) is 1.21. The van der Waals surface area contributed by atoms with Gasteiger partial charge in [0.05, 0.1) is 12.4 Å². The van der Waals surface area contributed by atoms with E-state index in [1.165, 1.54) is 6.20 Å². The molecule has 1 aromatic heterocycles. The van der Waals surface area contributed by atoms with Gasteiger partial charge in [0.15, 0.2) is 5.15 Å². The van der Waals surface area contributed by atoms with E-state index in [9.17, 15) is 0 Å². The van der Waals surface area contributed by atoms with Gasteiger partial charge < -0.3 is 9.64 Å². The molecule has 1 aromatic rings. The van der Waals surface area contributed by atoms with Gasteiger partial charge in [0.25, 0.3) is 0 Å². The molecule has 0 unspecified atom stereocenters. The Morgan fingerprint density at radius 1 is 1.57 bits per heavy atom. The third kappa shape index (κ3) is 2.33. The van der Waals surface area contributed by atoms with Crippen molar-refractivity contribution in [1.29, 1.82) is 0 Å². The van der Waals surface area contributed by atoms with E-state index in [0.717, 1.165) is 19.5 Å². The fourth-order valence-electron chi connectivity index (χ4n) is 1.54. The molecular weight excluding hydrogens is 202 g/mol. The van der Waals surface area contributed by atoms with E-state index in [4.69, 9.17) is 16.3 Å². The lowest BCUT2D eigenvalue weighted by Crippen LogP contribution is -2.21. The van der Waals surface area contributed by atoms with E-state index in [0.29, 0.717) is 11.0 Å². The van der Waals surface area contributed by atoms with Gasteiger partial charge in [-0.3, -0.25) is 4.98 Å². The summed E-state index contributed by atoms with van der Waals surface area (Å²) < 4.78 is 5.63. The van der Waals surface area contributed by atoms with Gasteiger partial charge in [-0.1, -0.05) is 11.6 Å². The van der Waals surface area contributed by atoms with E-state index in [2.05, 4.69) is 21.9 Å². The highest BCUT2D eigenvalue weighted by molar-refractivity contribution is 6.29. The number of hydrogen-bond acceptors (Lipinski definition) is 4. The summed E-state index contributed by atoms with van der Waals surface area (Å²) in [4.78, 5) is 10.2. The highest BCUT2D eigenvalue weighted by atomic mass is 35.5. The lowest BCUT2D eigenvalue weighted by Gasteiger charge is -2.12. The minimum Gasteiger partial charge on any atom is -0.472 e. The monoisotopic (exact) mass is 213 g/mol. The summed E-state index contributed by atoms with van der Waals surface area (Å²) in [6, 6.07) is 0. The molecule has 1 aliphatic heterocycles. The molecule has 4 nitrogen and oxygen atoms in total. The highest BCUT2D eigenvalue weighted by Crippen LogP contribution is 2.15. The first-order valence-corrected chi connectivity index (χ1v) is 4.94. The zero-order chi connectivity index (χ0) is 9.97. The van der Waals surface area contributed by atoms with Crippen molar-refractivity contribution in [3.8, 4) is 5.88 Å². The van der Waals surface area contributed by atoms with Gasteiger partial charge in [0.1, 0.15) is 6.10 Å². The van der Waals surface area contributed by atoms with Crippen LogP contribution >= 0.6 is 11.6 Å². The molecule has 0 bridgehead atoms. The lowest BCUT2D eigenvalue weighted by molar-refractivity contribution is 0.199. The van der Waals surface area contributed by atoms with Crippen LogP contribution in [0.4, 0.5) is 0 Å². The van der Waals surface area contributed by atoms with Crippen molar-refractivity contribution >= 4 is 11.6 Å². The molecule has 76 valence electrons. The van der Waals surface area contributed by atoms with E-state index in [1.807, 2.05) is 0 Å². The number of halogens is 1. The van der Waals surface area contributed by atoms with Crippen molar-refractivity contribution < 1.29 is 4.74 Å². The molecule has 2 heterocycles. The van der Waals surface area contributed by atoms with Crippen LogP contribution in [0.15, 0.2) is 12.4 Å². The number of aromatic nitrogens is 2. The van der Waals surface area contributed by atoms with E-state index in [-0.39, 0.29) is 6.10 Å². The Hall–Kier alpha value is -0.870. The Kier molecular flexibility index (Phi) is 2.84. The van der Waals surface area contributed by atoms with Gasteiger partial charge in [-0.2, -0.15) is 4.98 Å². The van der Waals surface area contributed by atoms with Gasteiger partial charge in [-0.05, 0) is 13.5 Å². The Balaban J connectivity index is 1.97. The van der Waals surface area contributed by atoms with Crippen LogP contribution in [0, 0.1) is 0 Å². The number of rotatable bonds is 2. The molecule has 0 spiro atoms. The van der Waals surface area contributed by atoms with Gasteiger partial charge in [-0.15, -0.1) is 0 Å². The Bertz CT molecular complexity index is 321. The third-order valence-electron chi connectivity index (χ3n) is 2.22. The number of hydrogen-bond donors (Lipinski definition) is 0. The lowest BCUT2D eigenvalue weighted by atomic mass is 10.3. The maximum Gasteiger partial charge on any atom is 0.234 e. The van der Waals surface area contributed by atoms with Crippen LogP contribution in [0.1, 0.15) is 6.42 Å². The molecule has 14 heavy (non-hydrogen) atoms. The SMILES string of the molecule is CN1CC[C@@H](Oc2cncc(Cl)n2)C1. The second-order valence-corrected chi connectivity index (χ2v) is 3.86. The van der Waals surface area contributed by atoms with Gasteiger partial charge in [0, 0.05) is 13.1 Å². The molecule has 1 aliphatic rings. The smallest absolute Gasteiger partial charge is 0.234 e. The van der Waals surface area contributed by atoms with Crippen molar-refractivity contribution in [1.82, 2.24) is 14.9 Å². The molecule has 5 heteroatoms. The molecule has 0 aromatic carbocycles. The quantitative estimate of drug-likeness (QED) is 0.741. The Morgan fingerprint density at radius 2 is 2.43 bits per heavy atom. The van der Waals surface area contributed by atoms with Crippen molar-refractivity contribution in [3.63, 3.8) is 0 Å².